The number of carbonyl (C=O) groups is 2. The largest absolute Gasteiger partial charge is 0.410 e. The van der Waals surface area contributed by atoms with Crippen molar-refractivity contribution in [3.63, 3.8) is 0 Å². The van der Waals surface area contributed by atoms with Crippen LogP contribution in [0, 0.1) is 11.7 Å². The van der Waals surface area contributed by atoms with E-state index in [1.165, 1.54) is 18.2 Å². The summed E-state index contributed by atoms with van der Waals surface area (Å²) in [5.41, 5.74) is 0.631. The number of halogens is 5. The number of oxime groups is 1. The van der Waals surface area contributed by atoms with Gasteiger partial charge in [0.2, 0.25) is 5.91 Å². The van der Waals surface area contributed by atoms with Crippen molar-refractivity contribution in [1.82, 2.24) is 5.32 Å². The Kier molecular flexibility index (Phi) is 8.25. The monoisotopic (exact) mass is 543 g/mol. The van der Waals surface area contributed by atoms with Gasteiger partial charge in [0.1, 0.15) is 10.2 Å². The molecule has 11 heteroatoms. The molecular formula is C23H18Cl4FN3O3. The van der Waals surface area contributed by atoms with Crippen LogP contribution in [-0.2, 0) is 9.59 Å². The normalized spacial score (nSPS) is 19.7. The van der Waals surface area contributed by atoms with Crippen LogP contribution >= 0.6 is 46.4 Å². The number of carbonyl (C=O) groups excluding carboxylic acids is 2. The van der Waals surface area contributed by atoms with Gasteiger partial charge in [-0.25, -0.2) is 4.39 Å². The van der Waals surface area contributed by atoms with Crippen LogP contribution in [0.5, 0.6) is 0 Å². The van der Waals surface area contributed by atoms with Gasteiger partial charge in [0.15, 0.2) is 5.71 Å². The molecular weight excluding hydrogens is 527 g/mol. The molecule has 3 rings (SSSR count). The van der Waals surface area contributed by atoms with E-state index in [-0.39, 0.29) is 11.4 Å². The molecule has 34 heavy (non-hydrogen) atoms. The fourth-order valence-corrected chi connectivity index (χ4v) is 4.73. The van der Waals surface area contributed by atoms with Crippen molar-refractivity contribution in [2.24, 2.45) is 11.1 Å². The van der Waals surface area contributed by atoms with Crippen LogP contribution in [0.3, 0.4) is 0 Å². The highest BCUT2D eigenvalue weighted by Crippen LogP contribution is 2.65. The lowest BCUT2D eigenvalue weighted by molar-refractivity contribution is -0.121. The Labute approximate surface area is 215 Å². The molecule has 178 valence electrons. The Morgan fingerprint density at radius 1 is 1.12 bits per heavy atom. The lowest BCUT2D eigenvalue weighted by atomic mass is 10.1. The predicted molar refractivity (Wildman–Crippen MR) is 132 cm³/mol. The van der Waals surface area contributed by atoms with Gasteiger partial charge >= 0.3 is 0 Å². The summed E-state index contributed by atoms with van der Waals surface area (Å²) in [6, 6.07) is 9.82. The Hall–Kier alpha value is -2.58. The molecule has 0 aliphatic heterocycles. The number of alkyl halides is 2. The van der Waals surface area contributed by atoms with Crippen LogP contribution in [-0.4, -0.2) is 27.1 Å². The van der Waals surface area contributed by atoms with Gasteiger partial charge < -0.3 is 15.8 Å². The van der Waals surface area contributed by atoms with Gasteiger partial charge in [0.05, 0.1) is 5.92 Å². The first-order valence-electron chi connectivity index (χ1n) is 9.84. The number of hydrogen-bond donors (Lipinski definition) is 3. The minimum atomic E-state index is -1.40. The third-order valence-electron chi connectivity index (χ3n) is 4.93. The zero-order chi connectivity index (χ0) is 25.0. The first-order chi connectivity index (χ1) is 16.1. The molecule has 2 aromatic carbocycles. The van der Waals surface area contributed by atoms with Crippen LogP contribution in [0.25, 0.3) is 0 Å². The average Bonchev–Trinajstić information content (AvgIpc) is 3.35. The van der Waals surface area contributed by atoms with Gasteiger partial charge in [-0.05, 0) is 67.1 Å². The van der Waals surface area contributed by atoms with Gasteiger partial charge in [0, 0.05) is 27.3 Å². The third kappa shape index (κ3) is 6.10. The molecule has 1 fully saturated rings. The minimum absolute atomic E-state index is 0.147. The van der Waals surface area contributed by atoms with Crippen LogP contribution in [0.4, 0.5) is 10.1 Å². The predicted octanol–water partition coefficient (Wildman–Crippen LogP) is 6.06. The SMILES string of the molecule is C\C=C/C(=C\C(=N\O)C(=O)Nc1ccc(F)cc1)NC(=O)C1C(c2cc(Cl)cc(Cl)c2)C1(Cl)Cl. The average molecular weight is 545 g/mol. The number of hydrogen-bond acceptors (Lipinski definition) is 4. The van der Waals surface area contributed by atoms with Gasteiger partial charge in [-0.2, -0.15) is 0 Å². The second-order valence-corrected chi connectivity index (χ2v) is 9.69. The van der Waals surface area contributed by atoms with E-state index in [1.54, 1.807) is 31.2 Å². The van der Waals surface area contributed by atoms with Crippen molar-refractivity contribution in [3.05, 3.63) is 87.8 Å². The number of rotatable bonds is 7. The van der Waals surface area contributed by atoms with Crippen LogP contribution in [0.1, 0.15) is 18.4 Å². The number of nitrogens with one attached hydrogen (secondary N) is 2. The van der Waals surface area contributed by atoms with Crippen molar-refractivity contribution in [2.75, 3.05) is 5.32 Å². The summed E-state index contributed by atoms with van der Waals surface area (Å²) in [6.07, 6.45) is 4.26. The topological polar surface area (TPSA) is 90.8 Å². The van der Waals surface area contributed by atoms with Gasteiger partial charge in [0.25, 0.3) is 5.91 Å². The zero-order valence-corrected chi connectivity index (χ0v) is 20.6. The van der Waals surface area contributed by atoms with Gasteiger partial charge in [-0.1, -0.05) is 34.4 Å². The van der Waals surface area contributed by atoms with E-state index in [4.69, 9.17) is 46.4 Å². The molecule has 0 radical (unpaired) electrons. The molecule has 2 aromatic rings. The first kappa shape index (κ1) is 26.0. The maximum atomic E-state index is 13.1. The highest BCUT2D eigenvalue weighted by Gasteiger charge is 2.67. The summed E-state index contributed by atoms with van der Waals surface area (Å²) in [5, 5.41) is 18.2. The van der Waals surface area contributed by atoms with E-state index >= 15 is 0 Å². The molecule has 1 aliphatic rings. The highest BCUT2D eigenvalue weighted by atomic mass is 35.5. The van der Waals surface area contributed by atoms with E-state index in [2.05, 4.69) is 15.8 Å². The second-order valence-electron chi connectivity index (χ2n) is 7.37. The number of allylic oxidation sites excluding steroid dienone is 2. The maximum Gasteiger partial charge on any atom is 0.277 e. The minimum Gasteiger partial charge on any atom is -0.410 e. The zero-order valence-electron chi connectivity index (χ0n) is 17.5. The van der Waals surface area contributed by atoms with E-state index in [0.717, 1.165) is 18.2 Å². The number of nitrogens with zero attached hydrogens (tertiary/aromatic N) is 1. The van der Waals surface area contributed by atoms with Gasteiger partial charge in [-0.15, -0.1) is 23.2 Å². The Morgan fingerprint density at radius 3 is 2.29 bits per heavy atom. The smallest absolute Gasteiger partial charge is 0.277 e. The van der Waals surface area contributed by atoms with Gasteiger partial charge in [-0.3, -0.25) is 9.59 Å². The van der Waals surface area contributed by atoms with Crippen molar-refractivity contribution in [2.45, 2.75) is 17.2 Å². The molecule has 2 amide bonds. The molecule has 1 aliphatic carbocycles. The van der Waals surface area contributed by atoms with E-state index in [0.29, 0.717) is 15.6 Å². The van der Waals surface area contributed by atoms with E-state index in [9.17, 15) is 19.2 Å². The summed E-state index contributed by atoms with van der Waals surface area (Å²) in [6.45, 7) is 1.69. The number of amides is 2. The standard InChI is InChI=1S/C23H18Cl4FN3O3/c1-2-3-17(11-18(31-34)21(32)29-16-6-4-15(28)5-7-16)30-22(33)20-19(23(20,26)27)12-8-13(24)10-14(25)9-12/h2-11,19-20,34H,1H3,(H,29,32)(H,30,33)/b3-2-,17-11+,31-18-. The van der Waals surface area contributed by atoms with Crippen LogP contribution < -0.4 is 10.6 Å². The summed E-state index contributed by atoms with van der Waals surface area (Å²) in [7, 11) is 0. The Balaban J connectivity index is 1.77. The molecule has 1 saturated carbocycles. The summed E-state index contributed by atoms with van der Waals surface area (Å²) in [5.74, 6) is -3.17. The molecule has 0 bridgehead atoms. The first-order valence-corrected chi connectivity index (χ1v) is 11.4. The summed E-state index contributed by atoms with van der Waals surface area (Å²) in [4.78, 5) is 25.4. The molecule has 2 atom stereocenters. The lowest BCUT2D eigenvalue weighted by Gasteiger charge is -2.08. The molecule has 3 N–H and O–H groups in total. The van der Waals surface area contributed by atoms with Crippen molar-refractivity contribution in [1.29, 1.82) is 0 Å². The van der Waals surface area contributed by atoms with E-state index in [1.807, 2.05) is 0 Å². The second kappa shape index (κ2) is 10.8. The molecule has 0 heterocycles. The quantitative estimate of drug-likeness (QED) is 0.130. The lowest BCUT2D eigenvalue weighted by Crippen LogP contribution is -2.28. The number of anilines is 1. The molecule has 2 unspecified atom stereocenters. The molecule has 0 aromatic heterocycles. The van der Waals surface area contributed by atoms with Crippen LogP contribution in [0.2, 0.25) is 10.0 Å². The van der Waals surface area contributed by atoms with Crippen LogP contribution in [0.15, 0.2) is 71.5 Å². The fourth-order valence-electron chi connectivity index (χ4n) is 3.36. The molecule has 0 spiro atoms. The Morgan fingerprint density at radius 2 is 1.74 bits per heavy atom. The molecule has 0 saturated heterocycles. The van der Waals surface area contributed by atoms with Crippen molar-refractivity contribution in [3.8, 4) is 0 Å². The highest BCUT2D eigenvalue weighted by molar-refractivity contribution is 6.53. The van der Waals surface area contributed by atoms with E-state index < -0.39 is 39.5 Å². The fraction of sp³-hybridized carbons (Fsp3) is 0.174. The maximum absolute atomic E-state index is 13.1. The molecule has 6 nitrogen and oxygen atoms in total. The number of benzene rings is 2. The summed E-state index contributed by atoms with van der Waals surface area (Å²) >= 11 is 24.9. The van der Waals surface area contributed by atoms with Crippen molar-refractivity contribution < 1.29 is 19.2 Å². The Bertz CT molecular complexity index is 1180. The third-order valence-corrected chi connectivity index (χ3v) is 6.31. The van der Waals surface area contributed by atoms with Crippen molar-refractivity contribution >= 4 is 69.6 Å². The summed E-state index contributed by atoms with van der Waals surface area (Å²) < 4.78 is 11.7.